The first-order valence-corrected chi connectivity index (χ1v) is 10.5. The van der Waals surface area contributed by atoms with Gasteiger partial charge in [-0.25, -0.2) is 4.68 Å². The van der Waals surface area contributed by atoms with E-state index in [4.69, 9.17) is 27.9 Å². The average molecular weight is 459 g/mol. The molecule has 2 heterocycles. The van der Waals surface area contributed by atoms with Gasteiger partial charge < -0.3 is 15.0 Å². The highest BCUT2D eigenvalue weighted by Gasteiger charge is 2.20. The van der Waals surface area contributed by atoms with Crippen molar-refractivity contribution >= 4 is 40.5 Å². The van der Waals surface area contributed by atoms with Crippen LogP contribution in [0.25, 0.3) is 5.69 Å². The molecule has 1 aliphatic rings. The molecule has 2 aromatic carbocycles. The number of rotatable bonds is 4. The van der Waals surface area contributed by atoms with Crippen LogP contribution < -0.4 is 15.6 Å². The van der Waals surface area contributed by atoms with Crippen LogP contribution in [0.15, 0.2) is 53.3 Å². The monoisotopic (exact) mass is 458 g/mol. The van der Waals surface area contributed by atoms with Gasteiger partial charge >= 0.3 is 0 Å². The molecule has 1 fully saturated rings. The smallest absolute Gasteiger partial charge is 0.280 e. The van der Waals surface area contributed by atoms with Gasteiger partial charge in [0, 0.05) is 29.9 Å². The molecule has 31 heavy (non-hydrogen) atoms. The average Bonchev–Trinajstić information content (AvgIpc) is 2.75. The number of para-hydroxylation sites is 1. The molecule has 0 radical (unpaired) electrons. The molecule has 1 saturated heterocycles. The number of nitrogens with zero attached hydrogens (tertiary/aromatic N) is 3. The quantitative estimate of drug-likeness (QED) is 0.640. The number of halogens is 2. The van der Waals surface area contributed by atoms with Crippen LogP contribution in [-0.2, 0) is 4.74 Å². The van der Waals surface area contributed by atoms with Crippen molar-refractivity contribution in [2.24, 2.45) is 0 Å². The summed E-state index contributed by atoms with van der Waals surface area (Å²) in [5, 5.41) is 8.03. The zero-order chi connectivity index (χ0) is 22.0. The lowest BCUT2D eigenvalue weighted by molar-refractivity contribution is 0.101. The predicted octanol–water partition coefficient (Wildman–Crippen LogP) is 3.94. The first-order valence-electron chi connectivity index (χ1n) is 9.73. The summed E-state index contributed by atoms with van der Waals surface area (Å²) in [4.78, 5) is 27.7. The van der Waals surface area contributed by atoms with E-state index in [0.29, 0.717) is 53.4 Å². The van der Waals surface area contributed by atoms with E-state index in [1.165, 1.54) is 10.7 Å². The van der Waals surface area contributed by atoms with E-state index in [1.54, 1.807) is 43.3 Å². The van der Waals surface area contributed by atoms with Crippen molar-refractivity contribution < 1.29 is 9.53 Å². The number of ether oxygens (including phenoxy) is 1. The minimum Gasteiger partial charge on any atom is -0.378 e. The molecular formula is C22H20Cl2N4O3. The van der Waals surface area contributed by atoms with Gasteiger partial charge in [-0.1, -0.05) is 35.3 Å². The molecule has 9 heteroatoms. The van der Waals surface area contributed by atoms with E-state index >= 15 is 0 Å². The van der Waals surface area contributed by atoms with Gasteiger partial charge in [-0.05, 0) is 37.3 Å². The van der Waals surface area contributed by atoms with Crippen molar-refractivity contribution in [3.05, 3.63) is 80.2 Å². The topological polar surface area (TPSA) is 76.5 Å². The Kier molecular flexibility index (Phi) is 6.27. The van der Waals surface area contributed by atoms with E-state index in [9.17, 15) is 9.59 Å². The Balaban J connectivity index is 1.70. The van der Waals surface area contributed by atoms with Crippen LogP contribution in [0.1, 0.15) is 16.2 Å². The van der Waals surface area contributed by atoms with Crippen LogP contribution in [0.4, 0.5) is 11.4 Å². The minimum absolute atomic E-state index is 0.238. The molecule has 3 aromatic rings. The number of carbonyl (C=O) groups excluding carboxylic acids is 1. The molecule has 0 bridgehead atoms. The third-order valence-electron chi connectivity index (χ3n) is 4.96. The van der Waals surface area contributed by atoms with Crippen molar-refractivity contribution in [1.82, 2.24) is 9.78 Å². The fourth-order valence-electron chi connectivity index (χ4n) is 3.44. The van der Waals surface area contributed by atoms with Crippen LogP contribution in [0.2, 0.25) is 10.0 Å². The Morgan fingerprint density at radius 2 is 1.81 bits per heavy atom. The number of amides is 1. The van der Waals surface area contributed by atoms with Gasteiger partial charge in [-0.15, -0.1) is 0 Å². The van der Waals surface area contributed by atoms with E-state index in [0.717, 1.165) is 5.69 Å². The Hall–Kier alpha value is -2.87. The molecule has 0 unspecified atom stereocenters. The number of hydrogen-bond donors (Lipinski definition) is 1. The number of benzene rings is 2. The molecule has 160 valence electrons. The summed E-state index contributed by atoms with van der Waals surface area (Å²) in [6.45, 7) is 4.29. The highest BCUT2D eigenvalue weighted by Crippen LogP contribution is 2.30. The van der Waals surface area contributed by atoms with Crippen molar-refractivity contribution in [3.63, 3.8) is 0 Å². The zero-order valence-electron chi connectivity index (χ0n) is 16.8. The number of aryl methyl sites for hydroxylation is 1. The summed E-state index contributed by atoms with van der Waals surface area (Å²) in [7, 11) is 0. The highest BCUT2D eigenvalue weighted by atomic mass is 35.5. The number of anilines is 2. The van der Waals surface area contributed by atoms with E-state index in [1.807, 2.05) is 6.07 Å². The Morgan fingerprint density at radius 3 is 2.55 bits per heavy atom. The van der Waals surface area contributed by atoms with Gasteiger partial charge in [0.1, 0.15) is 0 Å². The maximum absolute atomic E-state index is 13.1. The van der Waals surface area contributed by atoms with Crippen LogP contribution in [0.5, 0.6) is 0 Å². The van der Waals surface area contributed by atoms with Crippen molar-refractivity contribution in [2.45, 2.75) is 6.92 Å². The minimum atomic E-state index is -0.623. The van der Waals surface area contributed by atoms with Crippen LogP contribution in [-0.4, -0.2) is 42.0 Å². The highest BCUT2D eigenvalue weighted by molar-refractivity contribution is 6.32. The van der Waals surface area contributed by atoms with Gasteiger partial charge in [0.2, 0.25) is 5.43 Å². The molecule has 1 aliphatic heterocycles. The molecule has 1 aromatic heterocycles. The first kappa shape index (κ1) is 21.4. The Bertz CT molecular complexity index is 1190. The number of hydrogen-bond acceptors (Lipinski definition) is 5. The lowest BCUT2D eigenvalue weighted by atomic mass is 10.2. The van der Waals surface area contributed by atoms with Gasteiger partial charge in [-0.3, -0.25) is 9.59 Å². The molecule has 0 atom stereocenters. The van der Waals surface area contributed by atoms with Crippen molar-refractivity contribution in [1.29, 1.82) is 0 Å². The lowest BCUT2D eigenvalue weighted by Gasteiger charge is -2.30. The molecular weight excluding hydrogens is 439 g/mol. The fourth-order valence-corrected chi connectivity index (χ4v) is 3.83. The molecule has 4 rings (SSSR count). The summed E-state index contributed by atoms with van der Waals surface area (Å²) in [5.74, 6) is -0.623. The number of aromatic nitrogens is 2. The number of morpholine rings is 1. The zero-order valence-corrected chi connectivity index (χ0v) is 18.3. The fraction of sp³-hybridized carbons (Fsp3) is 0.227. The standard InChI is InChI=1S/C22H20Cl2N4O3/c1-14-12-20(29)21(26-28(14)18-5-3-2-4-16(18)24)22(30)25-17-13-15(23)6-7-19(17)27-8-10-31-11-9-27/h2-7,12-13H,8-11H2,1H3,(H,25,30). The molecule has 0 spiro atoms. The van der Waals surface area contributed by atoms with Gasteiger partial charge in [0.25, 0.3) is 5.91 Å². The third-order valence-corrected chi connectivity index (χ3v) is 5.52. The SMILES string of the molecule is Cc1cc(=O)c(C(=O)Nc2cc(Cl)ccc2N2CCOCC2)nn1-c1ccccc1Cl. The van der Waals surface area contributed by atoms with E-state index in [-0.39, 0.29) is 5.69 Å². The van der Waals surface area contributed by atoms with Gasteiger partial charge in [0.05, 0.1) is 35.3 Å². The summed E-state index contributed by atoms with van der Waals surface area (Å²) < 4.78 is 6.89. The second kappa shape index (κ2) is 9.09. The largest absolute Gasteiger partial charge is 0.378 e. The molecule has 1 amide bonds. The summed E-state index contributed by atoms with van der Waals surface area (Å²) in [6.07, 6.45) is 0. The van der Waals surface area contributed by atoms with E-state index < -0.39 is 11.3 Å². The maximum atomic E-state index is 13.1. The summed E-state index contributed by atoms with van der Waals surface area (Å²) in [5.41, 5.74) is 1.73. The second-order valence-electron chi connectivity index (χ2n) is 7.08. The first-order chi connectivity index (χ1) is 14.9. The predicted molar refractivity (Wildman–Crippen MR) is 122 cm³/mol. The maximum Gasteiger partial charge on any atom is 0.280 e. The van der Waals surface area contributed by atoms with Gasteiger partial charge in [0.15, 0.2) is 5.69 Å². The second-order valence-corrected chi connectivity index (χ2v) is 7.92. The summed E-state index contributed by atoms with van der Waals surface area (Å²) >= 11 is 12.5. The molecule has 0 saturated carbocycles. The molecule has 0 aliphatic carbocycles. The number of carbonyl (C=O) groups is 1. The van der Waals surface area contributed by atoms with Crippen molar-refractivity contribution in [2.75, 3.05) is 36.5 Å². The summed E-state index contributed by atoms with van der Waals surface area (Å²) in [6, 6.07) is 13.7. The lowest BCUT2D eigenvalue weighted by Crippen LogP contribution is -2.37. The molecule has 1 N–H and O–H groups in total. The molecule has 7 nitrogen and oxygen atoms in total. The van der Waals surface area contributed by atoms with Crippen LogP contribution in [0, 0.1) is 6.92 Å². The normalized spacial score (nSPS) is 13.8. The van der Waals surface area contributed by atoms with Crippen molar-refractivity contribution in [3.8, 4) is 5.69 Å². The number of nitrogens with one attached hydrogen (secondary N) is 1. The third kappa shape index (κ3) is 4.58. The Labute approximate surface area is 189 Å². The van der Waals surface area contributed by atoms with Gasteiger partial charge in [-0.2, -0.15) is 5.10 Å². The Morgan fingerprint density at radius 1 is 1.06 bits per heavy atom. The van der Waals surface area contributed by atoms with E-state index in [2.05, 4.69) is 15.3 Å². The van der Waals surface area contributed by atoms with Crippen LogP contribution in [0.3, 0.4) is 0 Å². The van der Waals surface area contributed by atoms with Crippen LogP contribution >= 0.6 is 23.2 Å².